The fourth-order valence-corrected chi connectivity index (χ4v) is 3.92. The lowest BCUT2D eigenvalue weighted by atomic mass is 10.0. The third-order valence-electron chi connectivity index (χ3n) is 5.81. The second-order valence-electron chi connectivity index (χ2n) is 9.86. The van der Waals surface area contributed by atoms with Crippen LogP contribution in [0.4, 0.5) is 4.39 Å². The van der Waals surface area contributed by atoms with Gasteiger partial charge in [0.2, 0.25) is 17.6 Å². The number of likely N-dealkylation sites (N-methyl/N-ethyl adjacent to an activating group) is 1. The second kappa shape index (κ2) is 12.1. The molecule has 37 heavy (non-hydrogen) atoms. The summed E-state index contributed by atoms with van der Waals surface area (Å²) >= 11 is 0. The van der Waals surface area contributed by atoms with Gasteiger partial charge >= 0.3 is 0 Å². The minimum Gasteiger partial charge on any atom is -0.458 e. The number of nitrogens with one attached hydrogen (secondary N) is 1. The largest absolute Gasteiger partial charge is 0.458 e. The van der Waals surface area contributed by atoms with E-state index >= 15 is 0 Å². The molecule has 2 aromatic heterocycles. The van der Waals surface area contributed by atoms with Crippen molar-refractivity contribution in [2.75, 3.05) is 26.2 Å². The average molecular weight is 514 g/mol. The van der Waals surface area contributed by atoms with Gasteiger partial charge in [-0.3, -0.25) is 9.59 Å². The Bertz CT molecular complexity index is 1180. The number of carbonyl (C=O) groups is 2. The van der Waals surface area contributed by atoms with Gasteiger partial charge in [0.1, 0.15) is 24.2 Å². The standard InChI is InChI=1S/C26H36FN7O3/c1-7-32(8-2)15-16-33(22(35)17-34-30-24(29-31-34)21-14-9-18(3)37-21)23(25(36)28-26(4,5)6)19-10-12-20(27)13-11-19/h9-14,23H,7-8,15-17H2,1-6H3,(H,28,36). The lowest BCUT2D eigenvalue weighted by Crippen LogP contribution is -2.51. The minimum atomic E-state index is -0.974. The molecule has 1 aromatic carbocycles. The molecule has 2 heterocycles. The summed E-state index contributed by atoms with van der Waals surface area (Å²) in [4.78, 5) is 32.1. The molecule has 0 saturated heterocycles. The van der Waals surface area contributed by atoms with Crippen LogP contribution in [0.5, 0.6) is 0 Å². The number of tetrazole rings is 1. The van der Waals surface area contributed by atoms with Crippen LogP contribution in [-0.2, 0) is 16.1 Å². The summed E-state index contributed by atoms with van der Waals surface area (Å²) in [5.41, 5.74) is -0.0266. The molecule has 0 fully saturated rings. The monoisotopic (exact) mass is 513 g/mol. The molecule has 0 spiro atoms. The van der Waals surface area contributed by atoms with E-state index in [0.717, 1.165) is 13.1 Å². The maximum atomic E-state index is 13.7. The van der Waals surface area contributed by atoms with E-state index in [9.17, 15) is 14.0 Å². The van der Waals surface area contributed by atoms with Crippen molar-refractivity contribution in [2.24, 2.45) is 0 Å². The highest BCUT2D eigenvalue weighted by Crippen LogP contribution is 2.24. The third-order valence-corrected chi connectivity index (χ3v) is 5.81. The summed E-state index contributed by atoms with van der Waals surface area (Å²) in [5, 5.41) is 15.3. The van der Waals surface area contributed by atoms with E-state index < -0.39 is 17.4 Å². The molecular weight excluding hydrogens is 477 g/mol. The number of benzene rings is 1. The number of nitrogens with zero attached hydrogens (tertiary/aromatic N) is 6. The van der Waals surface area contributed by atoms with Crippen molar-refractivity contribution in [3.05, 3.63) is 53.5 Å². The first kappa shape index (κ1) is 28.0. The highest BCUT2D eigenvalue weighted by Gasteiger charge is 2.33. The van der Waals surface area contributed by atoms with E-state index in [4.69, 9.17) is 4.42 Å². The van der Waals surface area contributed by atoms with Gasteiger partial charge in [0, 0.05) is 18.6 Å². The number of furan rings is 1. The van der Waals surface area contributed by atoms with E-state index in [-0.39, 0.29) is 30.7 Å². The van der Waals surface area contributed by atoms with Crippen molar-refractivity contribution in [2.45, 2.75) is 59.7 Å². The number of carbonyl (C=O) groups excluding carboxylic acids is 2. The Kier molecular flexibility index (Phi) is 9.14. The Labute approximate surface area is 216 Å². The molecule has 0 aliphatic rings. The SMILES string of the molecule is CCN(CC)CCN(C(=O)Cn1nnc(-c2ccc(C)o2)n1)C(C(=O)NC(C)(C)C)c1ccc(F)cc1. The van der Waals surface area contributed by atoms with Crippen LogP contribution in [0.15, 0.2) is 40.8 Å². The molecule has 200 valence electrons. The fourth-order valence-electron chi connectivity index (χ4n) is 3.92. The van der Waals surface area contributed by atoms with Crippen LogP contribution in [0, 0.1) is 12.7 Å². The number of amides is 2. The Hall–Kier alpha value is -3.60. The van der Waals surface area contributed by atoms with Gasteiger partial charge in [-0.1, -0.05) is 26.0 Å². The van der Waals surface area contributed by atoms with Gasteiger partial charge in [-0.05, 0) is 75.8 Å². The molecule has 3 rings (SSSR count). The average Bonchev–Trinajstić information content (AvgIpc) is 3.47. The zero-order valence-corrected chi connectivity index (χ0v) is 22.4. The van der Waals surface area contributed by atoms with E-state index in [1.165, 1.54) is 34.0 Å². The first-order valence-corrected chi connectivity index (χ1v) is 12.4. The van der Waals surface area contributed by atoms with E-state index in [2.05, 4.69) is 25.6 Å². The highest BCUT2D eigenvalue weighted by molar-refractivity contribution is 5.89. The predicted molar refractivity (Wildman–Crippen MR) is 137 cm³/mol. The van der Waals surface area contributed by atoms with Gasteiger partial charge in [0.15, 0.2) is 5.76 Å². The van der Waals surface area contributed by atoms with Crippen molar-refractivity contribution in [3.8, 4) is 11.6 Å². The van der Waals surface area contributed by atoms with E-state index in [1.54, 1.807) is 12.1 Å². The zero-order chi connectivity index (χ0) is 27.2. The highest BCUT2D eigenvalue weighted by atomic mass is 19.1. The van der Waals surface area contributed by atoms with Gasteiger partial charge in [-0.15, -0.1) is 10.2 Å². The summed E-state index contributed by atoms with van der Waals surface area (Å²) in [5.74, 6) is 0.263. The van der Waals surface area contributed by atoms with Crippen molar-refractivity contribution in [3.63, 3.8) is 0 Å². The van der Waals surface area contributed by atoms with Crippen molar-refractivity contribution < 1.29 is 18.4 Å². The molecule has 1 unspecified atom stereocenters. The molecule has 0 aliphatic heterocycles. The van der Waals surface area contributed by atoms with Gasteiger partial charge in [-0.2, -0.15) is 4.80 Å². The summed E-state index contributed by atoms with van der Waals surface area (Å²) in [6.07, 6.45) is 0. The Balaban J connectivity index is 1.94. The zero-order valence-electron chi connectivity index (χ0n) is 22.4. The van der Waals surface area contributed by atoms with E-state index in [1.807, 2.05) is 41.5 Å². The van der Waals surface area contributed by atoms with Crippen LogP contribution in [0.1, 0.15) is 52.0 Å². The van der Waals surface area contributed by atoms with Crippen LogP contribution in [0.25, 0.3) is 11.6 Å². The number of aryl methyl sites for hydroxylation is 1. The Morgan fingerprint density at radius 3 is 2.32 bits per heavy atom. The Morgan fingerprint density at radius 1 is 1.08 bits per heavy atom. The molecule has 2 amide bonds. The summed E-state index contributed by atoms with van der Waals surface area (Å²) in [6, 6.07) is 8.19. The maximum Gasteiger partial charge on any atom is 0.247 e. The summed E-state index contributed by atoms with van der Waals surface area (Å²) < 4.78 is 19.3. The van der Waals surface area contributed by atoms with Gasteiger partial charge in [0.05, 0.1) is 0 Å². The molecule has 0 bridgehead atoms. The molecule has 0 radical (unpaired) electrons. The summed E-state index contributed by atoms with van der Waals surface area (Å²) in [7, 11) is 0. The predicted octanol–water partition coefficient (Wildman–Crippen LogP) is 3.21. The number of aromatic nitrogens is 4. The molecule has 11 heteroatoms. The van der Waals surface area contributed by atoms with Gasteiger partial charge in [-0.25, -0.2) is 4.39 Å². The fraction of sp³-hybridized carbons (Fsp3) is 0.500. The minimum absolute atomic E-state index is 0.231. The van der Waals surface area contributed by atoms with Crippen LogP contribution < -0.4 is 5.32 Å². The summed E-state index contributed by atoms with van der Waals surface area (Å²) in [6.45, 7) is 13.7. The van der Waals surface area contributed by atoms with Crippen molar-refractivity contribution in [1.29, 1.82) is 0 Å². The second-order valence-corrected chi connectivity index (χ2v) is 9.86. The normalized spacial score (nSPS) is 12.5. The Morgan fingerprint density at radius 2 is 1.76 bits per heavy atom. The third kappa shape index (κ3) is 7.69. The van der Waals surface area contributed by atoms with Gasteiger partial charge < -0.3 is 19.5 Å². The molecule has 1 atom stereocenters. The number of hydrogen-bond donors (Lipinski definition) is 1. The first-order valence-electron chi connectivity index (χ1n) is 12.4. The van der Waals surface area contributed by atoms with E-state index in [0.29, 0.717) is 23.6 Å². The molecule has 10 nitrogen and oxygen atoms in total. The number of halogens is 1. The quantitative estimate of drug-likeness (QED) is 0.419. The van der Waals surface area contributed by atoms with Crippen molar-refractivity contribution in [1.82, 2.24) is 35.3 Å². The molecule has 1 N–H and O–H groups in total. The first-order chi connectivity index (χ1) is 17.5. The number of hydrogen-bond acceptors (Lipinski definition) is 7. The smallest absolute Gasteiger partial charge is 0.247 e. The van der Waals surface area contributed by atoms with Gasteiger partial charge in [0.25, 0.3) is 0 Å². The molecular formula is C26H36FN7O3. The lowest BCUT2D eigenvalue weighted by molar-refractivity contribution is -0.142. The maximum absolute atomic E-state index is 13.7. The van der Waals surface area contributed by atoms with Crippen LogP contribution in [-0.4, -0.2) is 73.5 Å². The van der Waals surface area contributed by atoms with Crippen LogP contribution >= 0.6 is 0 Å². The number of rotatable bonds is 11. The molecule has 3 aromatic rings. The van der Waals surface area contributed by atoms with Crippen LogP contribution in [0.3, 0.4) is 0 Å². The van der Waals surface area contributed by atoms with Crippen LogP contribution in [0.2, 0.25) is 0 Å². The topological polar surface area (TPSA) is 109 Å². The molecule has 0 aliphatic carbocycles. The lowest BCUT2D eigenvalue weighted by Gasteiger charge is -2.35. The molecule has 0 saturated carbocycles. The van der Waals surface area contributed by atoms with Crippen molar-refractivity contribution >= 4 is 11.8 Å².